The van der Waals surface area contributed by atoms with Gasteiger partial charge in [0.05, 0.1) is 0 Å². The highest BCUT2D eigenvalue weighted by molar-refractivity contribution is 5.11. The molecule has 1 aromatic rings. The molecule has 58 valence electrons. The van der Waals surface area contributed by atoms with Crippen molar-refractivity contribution in [3.63, 3.8) is 0 Å². The van der Waals surface area contributed by atoms with E-state index in [1.165, 1.54) is 5.69 Å². The Balaban J connectivity index is 2.16. The zero-order valence-corrected chi connectivity index (χ0v) is 6.25. The number of hydrogen-bond donors (Lipinski definition) is 2. The van der Waals surface area contributed by atoms with Crippen LogP contribution in [0.4, 0.5) is 0 Å². The van der Waals surface area contributed by atoms with Crippen molar-refractivity contribution in [1.29, 1.82) is 0 Å². The lowest BCUT2D eigenvalue weighted by atomic mass is 10.1. The second-order valence-electron chi connectivity index (χ2n) is 2.71. The molecule has 1 aromatic heterocycles. The van der Waals surface area contributed by atoms with Crippen LogP contribution in [0.5, 0.6) is 0 Å². The van der Waals surface area contributed by atoms with E-state index in [-0.39, 0.29) is 0 Å². The molecular formula is C8H11N3. The van der Waals surface area contributed by atoms with Crippen LogP contribution in [0.1, 0.15) is 11.6 Å². The molecule has 11 heavy (non-hydrogen) atoms. The molecule has 0 amide bonds. The molecule has 3 nitrogen and oxygen atoms in total. The maximum atomic E-state index is 4.28. The lowest BCUT2D eigenvalue weighted by molar-refractivity contribution is 0.689. The molecular weight excluding hydrogens is 138 g/mol. The van der Waals surface area contributed by atoms with E-state index in [0.29, 0.717) is 5.92 Å². The summed E-state index contributed by atoms with van der Waals surface area (Å²) in [5.41, 5.74) is 7.33. The van der Waals surface area contributed by atoms with E-state index < -0.39 is 0 Å². The molecule has 0 saturated carbocycles. The molecule has 1 fully saturated rings. The van der Waals surface area contributed by atoms with Crippen LogP contribution >= 0.6 is 0 Å². The lowest BCUT2D eigenvalue weighted by Crippen LogP contribution is -2.21. The number of rotatable bonds is 1. The van der Waals surface area contributed by atoms with Crippen LogP contribution in [0.3, 0.4) is 0 Å². The predicted octanol–water partition coefficient (Wildman–Crippen LogP) is 0.273. The van der Waals surface area contributed by atoms with Crippen molar-refractivity contribution in [2.75, 3.05) is 13.1 Å². The van der Waals surface area contributed by atoms with Gasteiger partial charge >= 0.3 is 0 Å². The van der Waals surface area contributed by atoms with Crippen molar-refractivity contribution in [3.05, 3.63) is 30.1 Å². The molecule has 2 rings (SSSR count). The minimum atomic E-state index is 0.538. The minimum Gasteiger partial charge on any atom is -0.261 e. The molecule has 0 radical (unpaired) electrons. The van der Waals surface area contributed by atoms with Crippen molar-refractivity contribution < 1.29 is 0 Å². The first-order valence-corrected chi connectivity index (χ1v) is 3.83. The van der Waals surface area contributed by atoms with E-state index in [1.54, 1.807) is 0 Å². The summed E-state index contributed by atoms with van der Waals surface area (Å²) in [6.07, 6.45) is 1.84. The lowest BCUT2D eigenvalue weighted by Gasteiger charge is -2.04. The monoisotopic (exact) mass is 149 g/mol. The Labute approximate surface area is 65.8 Å². The Morgan fingerprint density at radius 3 is 2.73 bits per heavy atom. The van der Waals surface area contributed by atoms with Crippen LogP contribution in [0.2, 0.25) is 0 Å². The van der Waals surface area contributed by atoms with Gasteiger partial charge in [-0.2, -0.15) is 0 Å². The largest absolute Gasteiger partial charge is 0.261 e. The second kappa shape index (κ2) is 2.98. The van der Waals surface area contributed by atoms with Crippen molar-refractivity contribution in [2.24, 2.45) is 0 Å². The number of pyridine rings is 1. The number of nitrogens with one attached hydrogen (secondary N) is 2. The average molecular weight is 149 g/mol. The summed E-state index contributed by atoms with van der Waals surface area (Å²) in [5, 5.41) is 0. The van der Waals surface area contributed by atoms with Gasteiger partial charge in [-0.1, -0.05) is 6.07 Å². The zero-order valence-electron chi connectivity index (χ0n) is 6.25. The predicted molar refractivity (Wildman–Crippen MR) is 43.0 cm³/mol. The summed E-state index contributed by atoms with van der Waals surface area (Å²) in [6.45, 7) is 1.97. The summed E-state index contributed by atoms with van der Waals surface area (Å²) in [6, 6.07) is 6.04. The Kier molecular flexibility index (Phi) is 1.83. The number of nitrogens with zero attached hydrogens (tertiary/aromatic N) is 1. The zero-order chi connectivity index (χ0) is 7.52. The van der Waals surface area contributed by atoms with Gasteiger partial charge in [-0.25, -0.2) is 0 Å². The molecule has 2 heterocycles. The molecule has 1 aliphatic rings. The van der Waals surface area contributed by atoms with E-state index in [0.717, 1.165) is 13.1 Å². The molecule has 3 heteroatoms. The van der Waals surface area contributed by atoms with Gasteiger partial charge in [-0.3, -0.25) is 15.8 Å². The van der Waals surface area contributed by atoms with Crippen molar-refractivity contribution in [3.8, 4) is 0 Å². The Morgan fingerprint density at radius 2 is 2.09 bits per heavy atom. The normalized spacial score (nSPS) is 18.9. The van der Waals surface area contributed by atoms with Crippen LogP contribution in [0.25, 0.3) is 0 Å². The van der Waals surface area contributed by atoms with Gasteiger partial charge in [-0.15, -0.1) is 0 Å². The van der Waals surface area contributed by atoms with Crippen molar-refractivity contribution in [2.45, 2.75) is 5.92 Å². The van der Waals surface area contributed by atoms with Gasteiger partial charge < -0.3 is 0 Å². The summed E-state index contributed by atoms with van der Waals surface area (Å²) in [5.74, 6) is 0.538. The maximum absolute atomic E-state index is 4.28. The molecule has 1 saturated heterocycles. The smallest absolute Gasteiger partial charge is 0.0461 e. The molecule has 0 unspecified atom stereocenters. The van der Waals surface area contributed by atoms with Crippen LogP contribution in [0, 0.1) is 0 Å². The third-order valence-corrected chi connectivity index (χ3v) is 1.93. The highest BCUT2D eigenvalue weighted by atomic mass is 15.4. The fourth-order valence-corrected chi connectivity index (χ4v) is 1.29. The maximum Gasteiger partial charge on any atom is 0.0461 e. The standard InChI is InChI=1S/C8H11N3/c1-2-4-9-8(3-1)7-5-10-11-6-7/h1-4,7,10-11H,5-6H2. The van der Waals surface area contributed by atoms with Gasteiger partial charge in [0.25, 0.3) is 0 Å². The third-order valence-electron chi connectivity index (χ3n) is 1.93. The van der Waals surface area contributed by atoms with Crippen LogP contribution in [-0.4, -0.2) is 18.1 Å². The van der Waals surface area contributed by atoms with Gasteiger partial charge in [0.1, 0.15) is 0 Å². The first kappa shape index (κ1) is 6.76. The van der Waals surface area contributed by atoms with E-state index in [1.807, 2.05) is 18.3 Å². The highest BCUT2D eigenvalue weighted by Crippen LogP contribution is 2.12. The Bertz CT molecular complexity index is 216. The van der Waals surface area contributed by atoms with Gasteiger partial charge in [0, 0.05) is 30.9 Å². The Hall–Kier alpha value is -0.930. The first-order valence-electron chi connectivity index (χ1n) is 3.83. The molecule has 2 N–H and O–H groups in total. The highest BCUT2D eigenvalue weighted by Gasteiger charge is 2.16. The summed E-state index contributed by atoms with van der Waals surface area (Å²) in [7, 11) is 0. The molecule has 0 atom stereocenters. The van der Waals surface area contributed by atoms with E-state index in [4.69, 9.17) is 0 Å². The summed E-state index contributed by atoms with van der Waals surface area (Å²) >= 11 is 0. The molecule has 0 aromatic carbocycles. The third kappa shape index (κ3) is 1.39. The fourth-order valence-electron chi connectivity index (χ4n) is 1.29. The molecule has 0 aliphatic carbocycles. The second-order valence-corrected chi connectivity index (χ2v) is 2.71. The SMILES string of the molecule is c1ccc(C2CNNC2)nc1. The van der Waals surface area contributed by atoms with E-state index in [9.17, 15) is 0 Å². The van der Waals surface area contributed by atoms with E-state index >= 15 is 0 Å². The quantitative estimate of drug-likeness (QED) is 0.602. The molecule has 0 spiro atoms. The molecule has 0 bridgehead atoms. The average Bonchev–Trinajstić information content (AvgIpc) is 2.58. The minimum absolute atomic E-state index is 0.538. The number of hydrogen-bond acceptors (Lipinski definition) is 3. The van der Waals surface area contributed by atoms with Crippen LogP contribution in [0.15, 0.2) is 24.4 Å². The van der Waals surface area contributed by atoms with Gasteiger partial charge in [0.15, 0.2) is 0 Å². The fraction of sp³-hybridized carbons (Fsp3) is 0.375. The Morgan fingerprint density at radius 1 is 1.27 bits per heavy atom. The summed E-state index contributed by atoms with van der Waals surface area (Å²) < 4.78 is 0. The number of hydrazine groups is 1. The van der Waals surface area contributed by atoms with Crippen LogP contribution in [-0.2, 0) is 0 Å². The first-order chi connectivity index (χ1) is 5.47. The number of aromatic nitrogens is 1. The van der Waals surface area contributed by atoms with Crippen molar-refractivity contribution >= 4 is 0 Å². The topological polar surface area (TPSA) is 37.0 Å². The van der Waals surface area contributed by atoms with E-state index in [2.05, 4.69) is 21.9 Å². The van der Waals surface area contributed by atoms with Crippen molar-refractivity contribution in [1.82, 2.24) is 15.8 Å². The van der Waals surface area contributed by atoms with Gasteiger partial charge in [-0.05, 0) is 12.1 Å². The van der Waals surface area contributed by atoms with Crippen LogP contribution < -0.4 is 10.9 Å². The summed E-state index contributed by atoms with van der Waals surface area (Å²) in [4.78, 5) is 4.28. The molecule has 1 aliphatic heterocycles. The van der Waals surface area contributed by atoms with Gasteiger partial charge in [0.2, 0.25) is 0 Å².